The van der Waals surface area contributed by atoms with Crippen molar-refractivity contribution in [1.29, 1.82) is 0 Å². The Hall–Kier alpha value is -10.1. The first kappa shape index (κ1) is 51.3. The molecule has 0 aromatic carbocycles. The number of carbonyl (C=O) groups is 4. The molecule has 0 atom stereocenters. The van der Waals surface area contributed by atoms with Crippen LogP contribution in [0.4, 0.5) is 20.4 Å². The number of amides is 1. The van der Waals surface area contributed by atoms with Crippen LogP contribution in [0.2, 0.25) is 0 Å². The Bertz CT molecular complexity index is 3550. The Labute approximate surface area is 422 Å². The van der Waals surface area contributed by atoms with Gasteiger partial charge in [-0.1, -0.05) is 47.8 Å². The number of hydrogen-bond acceptors (Lipinski definition) is 19. The fraction of sp³-hybridized carbons (Fsp3) is 0.217. The standard InChI is InChI=1S/C22H18FN11O2.C11H6FN5O3.C11H14N6.2CH4/c23-15-12-26-21(33-6-5-27-29-33)19-18(15)14(11-25-19)20(35)22(36)32-9-7-31(8-10-32)17-13-28-30-34(17)16-3-1-2-4-24-16;12-6-4-14-10(17-2-1-15-16-17)8-7(6)5(3-13-8)9(18)11(19)20;1-2-4-13-10(3-1)17-11(9-14-15-17)16-7-5-12-6-8-16;;/h1-6,11-13,25H,7-10H2;1-4,13H,(H,19,20);1-4,9,12H,5-8H2;2*1H4. The number of pyridine rings is 4. The SMILES string of the molecule is C.C.O=C(C(=O)N1CCN(c2cnnn2-c2ccccn2)CC1)c1c[nH]c2c(-n3ccnn3)ncc(F)c12.O=C(O)C(=O)c1c[nH]c2c(-n3ccnn3)ncc(F)c12.c1ccc(-n2nncc2N2CCNCC2)nc1. The summed E-state index contributed by atoms with van der Waals surface area (Å²) in [6.07, 6.45) is 17.1. The van der Waals surface area contributed by atoms with Gasteiger partial charge in [0, 0.05) is 77.1 Å². The van der Waals surface area contributed by atoms with Gasteiger partial charge in [-0.25, -0.2) is 42.9 Å². The van der Waals surface area contributed by atoms with Gasteiger partial charge in [0.2, 0.25) is 0 Å². The van der Waals surface area contributed by atoms with Crippen LogP contribution in [0.15, 0.2) is 111 Å². The van der Waals surface area contributed by atoms with Crippen LogP contribution >= 0.6 is 0 Å². The summed E-state index contributed by atoms with van der Waals surface area (Å²) in [6.45, 7) is 5.45. The first-order valence-electron chi connectivity index (χ1n) is 22.2. The second-order valence-electron chi connectivity index (χ2n) is 15.8. The van der Waals surface area contributed by atoms with Crippen molar-refractivity contribution in [3.63, 3.8) is 0 Å². The van der Waals surface area contributed by atoms with Crippen LogP contribution in [0.1, 0.15) is 35.6 Å². The van der Waals surface area contributed by atoms with Gasteiger partial charge < -0.3 is 35.1 Å². The number of hydrogen-bond donors (Lipinski definition) is 4. The summed E-state index contributed by atoms with van der Waals surface area (Å²) < 4.78 is 34.6. The van der Waals surface area contributed by atoms with E-state index in [2.05, 4.69) is 81.4 Å². The lowest BCUT2D eigenvalue weighted by Crippen LogP contribution is -2.51. The molecule has 2 saturated heterocycles. The van der Waals surface area contributed by atoms with Crippen molar-refractivity contribution in [3.8, 4) is 23.3 Å². The normalized spacial score (nSPS) is 13.2. The minimum atomic E-state index is -1.66. The number of aromatic nitrogens is 18. The van der Waals surface area contributed by atoms with Crippen LogP contribution < -0.4 is 15.1 Å². The second kappa shape index (κ2) is 22.6. The minimum Gasteiger partial charge on any atom is -0.475 e. The molecular weight excluding hydrogens is 979 g/mol. The molecule has 0 spiro atoms. The zero-order valence-electron chi connectivity index (χ0n) is 37.9. The molecule has 0 radical (unpaired) electrons. The lowest BCUT2D eigenvalue weighted by molar-refractivity contribution is -0.131. The predicted octanol–water partition coefficient (Wildman–Crippen LogP) is 2.68. The number of H-pyrrole nitrogens is 2. The molecule has 0 bridgehead atoms. The van der Waals surface area contributed by atoms with Gasteiger partial charge in [-0.2, -0.15) is 9.36 Å². The average Bonchev–Trinajstić information content (AvgIpc) is 4.30. The number of carbonyl (C=O) groups excluding carboxylic acids is 3. The van der Waals surface area contributed by atoms with Gasteiger partial charge >= 0.3 is 5.97 Å². The maximum atomic E-state index is 14.7. The van der Waals surface area contributed by atoms with Crippen molar-refractivity contribution in [2.75, 3.05) is 62.2 Å². The highest BCUT2D eigenvalue weighted by Gasteiger charge is 2.31. The third kappa shape index (κ3) is 10.4. The highest BCUT2D eigenvalue weighted by Crippen LogP contribution is 2.28. The van der Waals surface area contributed by atoms with Gasteiger partial charge in [0.1, 0.15) is 0 Å². The highest BCUT2D eigenvalue weighted by molar-refractivity contribution is 6.45. The number of Topliss-reactive ketones (excluding diaryl/α,β-unsaturated/α-hetero) is 2. The molecule has 0 aliphatic carbocycles. The summed E-state index contributed by atoms with van der Waals surface area (Å²) in [7, 11) is 0. The van der Waals surface area contributed by atoms with E-state index in [9.17, 15) is 28.0 Å². The van der Waals surface area contributed by atoms with Crippen molar-refractivity contribution in [2.45, 2.75) is 14.9 Å². The second-order valence-corrected chi connectivity index (χ2v) is 15.8. The van der Waals surface area contributed by atoms with Crippen LogP contribution in [-0.4, -0.2) is 176 Å². The summed E-state index contributed by atoms with van der Waals surface area (Å²) in [5.74, 6) is -2.24. The Kier molecular flexibility index (Phi) is 15.4. The first-order valence-corrected chi connectivity index (χ1v) is 22.2. The molecule has 12 rings (SSSR count). The van der Waals surface area contributed by atoms with Crippen molar-refractivity contribution < 1.29 is 33.1 Å². The first-order chi connectivity index (χ1) is 35.7. The van der Waals surface area contributed by atoms with Crippen molar-refractivity contribution >= 4 is 56.9 Å². The van der Waals surface area contributed by atoms with Crippen molar-refractivity contribution in [1.82, 2.24) is 100 Å². The van der Waals surface area contributed by atoms with E-state index < -0.39 is 35.1 Å². The molecule has 10 aromatic heterocycles. The van der Waals surface area contributed by atoms with Crippen LogP contribution in [0.5, 0.6) is 0 Å². The van der Waals surface area contributed by atoms with E-state index in [0.29, 0.717) is 32.0 Å². The molecule has 29 heteroatoms. The molecular formula is C46H46F2N22O5. The third-order valence-corrected chi connectivity index (χ3v) is 11.6. The van der Waals surface area contributed by atoms with E-state index in [1.807, 2.05) is 41.3 Å². The molecule has 75 heavy (non-hydrogen) atoms. The van der Waals surface area contributed by atoms with Crippen molar-refractivity contribution in [2.24, 2.45) is 0 Å². The zero-order chi connectivity index (χ0) is 50.4. The number of aliphatic carboxylic acids is 1. The quantitative estimate of drug-likeness (QED) is 0.113. The number of ketones is 2. The smallest absolute Gasteiger partial charge is 0.377 e. The number of carboxylic acids is 1. The molecule has 2 fully saturated rings. The van der Waals surface area contributed by atoms with Crippen LogP contribution in [0.25, 0.3) is 45.1 Å². The largest absolute Gasteiger partial charge is 0.475 e. The number of anilines is 2. The summed E-state index contributed by atoms with van der Waals surface area (Å²) in [5, 5.41) is 43.0. The Morgan fingerprint density at radius 3 is 1.47 bits per heavy atom. The maximum Gasteiger partial charge on any atom is 0.377 e. The molecule has 12 heterocycles. The number of halogens is 2. The number of nitrogens with zero attached hydrogens (tertiary/aromatic N) is 19. The van der Waals surface area contributed by atoms with E-state index in [1.54, 1.807) is 40.3 Å². The van der Waals surface area contributed by atoms with Crippen LogP contribution in [0.3, 0.4) is 0 Å². The number of carboxylic acid groups (broad SMARTS) is 1. The average molecular weight is 1030 g/mol. The highest BCUT2D eigenvalue weighted by atomic mass is 19.1. The number of nitrogens with one attached hydrogen (secondary N) is 3. The van der Waals surface area contributed by atoms with E-state index in [4.69, 9.17) is 5.11 Å². The molecule has 10 aromatic rings. The fourth-order valence-electron chi connectivity index (χ4n) is 8.12. The molecule has 2 aliphatic rings. The minimum absolute atomic E-state index is 0. The van der Waals surface area contributed by atoms with Gasteiger partial charge in [-0.3, -0.25) is 14.4 Å². The van der Waals surface area contributed by atoms with Crippen LogP contribution in [0, 0.1) is 11.6 Å². The summed E-state index contributed by atoms with van der Waals surface area (Å²) in [6, 6.07) is 11.3. The van der Waals surface area contributed by atoms with E-state index in [1.165, 1.54) is 39.1 Å². The Morgan fingerprint density at radius 2 is 1.03 bits per heavy atom. The van der Waals surface area contributed by atoms with Gasteiger partial charge in [-0.05, 0) is 24.3 Å². The molecule has 0 saturated carbocycles. The monoisotopic (exact) mass is 1020 g/mol. The molecule has 384 valence electrons. The molecule has 27 nitrogen and oxygen atoms in total. The summed E-state index contributed by atoms with van der Waals surface area (Å²) in [5.41, 5.74) is 0.0849. The van der Waals surface area contributed by atoms with Gasteiger partial charge in [-0.15, -0.1) is 20.4 Å². The third-order valence-electron chi connectivity index (χ3n) is 11.6. The number of aromatic amines is 2. The van der Waals surface area contributed by atoms with E-state index in [0.717, 1.165) is 62.2 Å². The fourth-order valence-corrected chi connectivity index (χ4v) is 8.12. The molecule has 4 N–H and O–H groups in total. The van der Waals surface area contributed by atoms with Gasteiger partial charge in [0.15, 0.2) is 46.5 Å². The Balaban J connectivity index is 0.000000162. The Morgan fingerprint density at radius 1 is 0.547 bits per heavy atom. The molecule has 2 aliphatic heterocycles. The van der Waals surface area contributed by atoms with Crippen LogP contribution in [-0.2, 0) is 9.59 Å². The summed E-state index contributed by atoms with van der Waals surface area (Å²) in [4.78, 5) is 76.2. The lowest BCUT2D eigenvalue weighted by Gasteiger charge is -2.35. The number of piperazine rings is 2. The van der Waals surface area contributed by atoms with Crippen molar-refractivity contribution in [3.05, 3.63) is 134 Å². The molecule has 0 unspecified atom stereocenters. The van der Waals surface area contributed by atoms with E-state index >= 15 is 0 Å². The topological polar surface area (TPSA) is 316 Å². The number of fused-ring (bicyclic) bond motifs is 2. The van der Waals surface area contributed by atoms with Gasteiger partial charge in [0.05, 0.1) is 82.5 Å². The predicted molar refractivity (Wildman–Crippen MR) is 264 cm³/mol. The lowest BCUT2D eigenvalue weighted by atomic mass is 10.1. The van der Waals surface area contributed by atoms with E-state index in [-0.39, 0.29) is 59.4 Å². The molecule has 1 amide bonds. The zero-order valence-corrected chi connectivity index (χ0v) is 37.9. The maximum absolute atomic E-state index is 14.7. The van der Waals surface area contributed by atoms with Gasteiger partial charge in [0.25, 0.3) is 17.5 Å². The number of rotatable bonds is 10. The summed E-state index contributed by atoms with van der Waals surface area (Å²) >= 11 is 0.